The van der Waals surface area contributed by atoms with Crippen LogP contribution in [0.1, 0.15) is 99.6 Å². The summed E-state index contributed by atoms with van der Waals surface area (Å²) in [5.41, 5.74) is 4.11. The summed E-state index contributed by atoms with van der Waals surface area (Å²) >= 11 is 8.11. The lowest BCUT2D eigenvalue weighted by Gasteiger charge is -2.30. The Labute approximate surface area is 273 Å². The molecule has 1 saturated heterocycles. The molecular formula is C37H47ClN2O3S. The zero-order chi connectivity index (χ0) is 31.9. The Hall–Kier alpha value is -2.96. The highest BCUT2D eigenvalue weighted by atomic mass is 35.5. The standard InChI is InChI=1S/C37H47ClN2O3S/c1-7-36(3,4)27-20-21-32(29(24-27)37(5,6)8-2)43-23-15-14-22-39-33(41)31-25-44-35(28-18-12-13-19-30(28)38)40(31)34(42)26-16-10-9-11-17-26/h9-13,16-21,24,31,35H,7-8,14-15,22-23,25H2,1-6H3,(H,39,41). The van der Waals surface area contributed by atoms with Crippen molar-refractivity contribution in [3.8, 4) is 5.75 Å². The number of nitrogens with zero attached hydrogens (tertiary/aromatic N) is 1. The van der Waals surface area contributed by atoms with Crippen molar-refractivity contribution in [2.24, 2.45) is 0 Å². The second-order valence-corrected chi connectivity index (χ2v) is 14.4. The zero-order valence-electron chi connectivity index (χ0n) is 27.0. The summed E-state index contributed by atoms with van der Waals surface area (Å²) in [6.07, 6.45) is 3.68. The fraction of sp³-hybridized carbons (Fsp3) is 0.459. The molecule has 1 N–H and O–H groups in total. The summed E-state index contributed by atoms with van der Waals surface area (Å²) in [6, 6.07) is 22.7. The Morgan fingerprint density at radius 2 is 1.61 bits per heavy atom. The summed E-state index contributed by atoms with van der Waals surface area (Å²) in [4.78, 5) is 28.8. The lowest BCUT2D eigenvalue weighted by atomic mass is 9.76. The topological polar surface area (TPSA) is 58.6 Å². The van der Waals surface area contributed by atoms with Crippen LogP contribution in [0.4, 0.5) is 0 Å². The molecule has 2 unspecified atom stereocenters. The van der Waals surface area contributed by atoms with E-state index in [1.807, 2.05) is 42.5 Å². The summed E-state index contributed by atoms with van der Waals surface area (Å²) in [5.74, 6) is 1.14. The third-order valence-corrected chi connectivity index (χ3v) is 10.8. The Kier molecular flexibility index (Phi) is 11.5. The second kappa shape index (κ2) is 14.9. The van der Waals surface area contributed by atoms with Crippen LogP contribution in [0.3, 0.4) is 0 Å². The third-order valence-electron chi connectivity index (χ3n) is 9.12. The summed E-state index contributed by atoms with van der Waals surface area (Å²) < 4.78 is 6.32. The number of nitrogens with one attached hydrogen (secondary N) is 1. The van der Waals surface area contributed by atoms with E-state index in [0.717, 1.165) is 37.0 Å². The minimum atomic E-state index is -0.588. The normalized spacial score (nSPS) is 17.0. The molecule has 0 spiro atoms. The number of unbranched alkanes of at least 4 members (excludes halogenated alkanes) is 1. The Morgan fingerprint density at radius 3 is 2.30 bits per heavy atom. The molecule has 5 nitrogen and oxygen atoms in total. The molecule has 1 aliphatic heterocycles. The number of rotatable bonds is 13. The molecule has 1 fully saturated rings. The first-order valence-electron chi connectivity index (χ1n) is 15.8. The number of amides is 2. The number of halogens is 1. The molecule has 7 heteroatoms. The van der Waals surface area contributed by atoms with Gasteiger partial charge in [0.2, 0.25) is 5.91 Å². The number of hydrogen-bond donors (Lipinski definition) is 1. The van der Waals surface area contributed by atoms with Gasteiger partial charge in [0.05, 0.1) is 6.61 Å². The van der Waals surface area contributed by atoms with Crippen molar-refractivity contribution in [2.75, 3.05) is 18.9 Å². The average Bonchev–Trinajstić information content (AvgIpc) is 3.47. The van der Waals surface area contributed by atoms with E-state index in [1.54, 1.807) is 28.8 Å². The van der Waals surface area contributed by atoms with Crippen LogP contribution in [0.2, 0.25) is 5.02 Å². The van der Waals surface area contributed by atoms with Crippen LogP contribution in [-0.4, -0.2) is 41.7 Å². The highest BCUT2D eigenvalue weighted by Crippen LogP contribution is 2.44. The molecule has 0 saturated carbocycles. The maximum Gasteiger partial charge on any atom is 0.255 e. The van der Waals surface area contributed by atoms with Gasteiger partial charge in [0, 0.05) is 34.0 Å². The highest BCUT2D eigenvalue weighted by molar-refractivity contribution is 7.99. The van der Waals surface area contributed by atoms with Crippen molar-refractivity contribution in [1.82, 2.24) is 10.2 Å². The van der Waals surface area contributed by atoms with Gasteiger partial charge in [0.25, 0.3) is 5.91 Å². The van der Waals surface area contributed by atoms with Crippen LogP contribution in [0, 0.1) is 0 Å². The van der Waals surface area contributed by atoms with Crippen molar-refractivity contribution in [1.29, 1.82) is 0 Å². The maximum atomic E-state index is 13.7. The van der Waals surface area contributed by atoms with Crippen LogP contribution in [0.5, 0.6) is 5.75 Å². The largest absolute Gasteiger partial charge is 0.493 e. The molecule has 1 aliphatic rings. The second-order valence-electron chi connectivity index (χ2n) is 12.8. The van der Waals surface area contributed by atoms with E-state index >= 15 is 0 Å². The van der Waals surface area contributed by atoms with Crippen LogP contribution >= 0.6 is 23.4 Å². The van der Waals surface area contributed by atoms with Gasteiger partial charge < -0.3 is 15.0 Å². The molecule has 2 amide bonds. The fourth-order valence-corrected chi connectivity index (χ4v) is 7.11. The van der Waals surface area contributed by atoms with Crippen LogP contribution in [0.15, 0.2) is 72.8 Å². The van der Waals surface area contributed by atoms with Crippen molar-refractivity contribution in [3.05, 3.63) is 100 Å². The van der Waals surface area contributed by atoms with Gasteiger partial charge in [-0.05, 0) is 66.3 Å². The van der Waals surface area contributed by atoms with Crippen molar-refractivity contribution in [3.63, 3.8) is 0 Å². The Balaban J connectivity index is 1.37. The molecule has 3 aromatic carbocycles. The van der Waals surface area contributed by atoms with E-state index in [0.29, 0.717) is 29.5 Å². The first-order chi connectivity index (χ1) is 21.0. The van der Waals surface area contributed by atoms with E-state index in [-0.39, 0.29) is 28.0 Å². The lowest BCUT2D eigenvalue weighted by Crippen LogP contribution is -2.48. The Bertz CT molecular complexity index is 1430. The van der Waals surface area contributed by atoms with E-state index in [2.05, 4.69) is 65.1 Å². The summed E-state index contributed by atoms with van der Waals surface area (Å²) in [5, 5.41) is 3.34. The van der Waals surface area contributed by atoms with Gasteiger partial charge in [-0.15, -0.1) is 11.8 Å². The molecule has 0 radical (unpaired) electrons. The molecule has 0 aliphatic carbocycles. The van der Waals surface area contributed by atoms with Gasteiger partial charge in [-0.3, -0.25) is 9.59 Å². The maximum absolute atomic E-state index is 13.7. The van der Waals surface area contributed by atoms with E-state index in [9.17, 15) is 9.59 Å². The van der Waals surface area contributed by atoms with Crippen LogP contribution in [0.25, 0.3) is 0 Å². The minimum absolute atomic E-state index is 0.00727. The zero-order valence-corrected chi connectivity index (χ0v) is 28.6. The first-order valence-corrected chi connectivity index (χ1v) is 17.2. The molecule has 2 atom stereocenters. The predicted octanol–water partition coefficient (Wildman–Crippen LogP) is 8.95. The number of ether oxygens (including phenoxy) is 1. The van der Waals surface area contributed by atoms with E-state index in [4.69, 9.17) is 16.3 Å². The van der Waals surface area contributed by atoms with Gasteiger partial charge in [0.15, 0.2) is 0 Å². The van der Waals surface area contributed by atoms with Gasteiger partial charge in [-0.1, -0.05) is 102 Å². The lowest BCUT2D eigenvalue weighted by molar-refractivity contribution is -0.124. The smallest absolute Gasteiger partial charge is 0.255 e. The molecular weight excluding hydrogens is 588 g/mol. The third kappa shape index (κ3) is 7.81. The number of benzene rings is 3. The molecule has 3 aromatic rings. The van der Waals surface area contributed by atoms with E-state index in [1.165, 1.54) is 11.1 Å². The van der Waals surface area contributed by atoms with Gasteiger partial charge in [0.1, 0.15) is 17.2 Å². The van der Waals surface area contributed by atoms with Gasteiger partial charge in [-0.2, -0.15) is 0 Å². The minimum Gasteiger partial charge on any atom is -0.493 e. The van der Waals surface area contributed by atoms with E-state index < -0.39 is 6.04 Å². The first kappa shape index (κ1) is 33.9. The fourth-order valence-electron chi connectivity index (χ4n) is 5.34. The average molecular weight is 635 g/mol. The molecule has 4 rings (SSSR count). The van der Waals surface area contributed by atoms with Crippen LogP contribution in [-0.2, 0) is 15.6 Å². The number of hydrogen-bond acceptors (Lipinski definition) is 4. The highest BCUT2D eigenvalue weighted by Gasteiger charge is 2.43. The van der Waals surface area contributed by atoms with Crippen molar-refractivity contribution >= 4 is 35.2 Å². The van der Waals surface area contributed by atoms with Crippen molar-refractivity contribution in [2.45, 2.75) is 89.5 Å². The SMILES string of the molecule is CCC(C)(C)c1ccc(OCCCCNC(=O)C2CSC(c3ccccc3Cl)N2C(=O)c2ccccc2)c(C(C)(C)CC)c1. The summed E-state index contributed by atoms with van der Waals surface area (Å²) in [7, 11) is 0. The number of carbonyl (C=O) groups excluding carboxylic acids is 2. The molecule has 0 aromatic heterocycles. The molecule has 236 valence electrons. The van der Waals surface area contributed by atoms with Crippen molar-refractivity contribution < 1.29 is 14.3 Å². The molecule has 0 bridgehead atoms. The van der Waals surface area contributed by atoms with Gasteiger partial charge >= 0.3 is 0 Å². The molecule has 1 heterocycles. The number of carbonyl (C=O) groups is 2. The predicted molar refractivity (Wildman–Crippen MR) is 184 cm³/mol. The van der Waals surface area contributed by atoms with Crippen LogP contribution < -0.4 is 10.1 Å². The quantitative estimate of drug-likeness (QED) is 0.191. The monoisotopic (exact) mass is 634 g/mol. The summed E-state index contributed by atoms with van der Waals surface area (Å²) in [6.45, 7) is 14.7. The van der Waals surface area contributed by atoms with Gasteiger partial charge in [-0.25, -0.2) is 0 Å². The number of thioether (sulfide) groups is 1. The molecule has 44 heavy (non-hydrogen) atoms. The Morgan fingerprint density at radius 1 is 0.932 bits per heavy atom.